The Kier molecular flexibility index (Phi) is 3.19. The molecule has 5 nitrogen and oxygen atoms in total. The summed E-state index contributed by atoms with van der Waals surface area (Å²) in [5.41, 5.74) is -0.491. The van der Waals surface area contributed by atoms with Crippen LogP contribution in [0.1, 0.15) is 17.3 Å². The molecule has 1 aromatic rings. The highest BCUT2D eigenvalue weighted by molar-refractivity contribution is 7.71. The predicted molar refractivity (Wildman–Crippen MR) is 52.8 cm³/mol. The van der Waals surface area contributed by atoms with E-state index in [1.807, 2.05) is 0 Å². The van der Waals surface area contributed by atoms with Crippen LogP contribution in [0.3, 0.4) is 0 Å². The molecule has 0 aliphatic heterocycles. The van der Waals surface area contributed by atoms with E-state index in [9.17, 15) is 9.59 Å². The maximum Gasteiger partial charge on any atom is 0.345 e. The van der Waals surface area contributed by atoms with Crippen LogP contribution >= 0.6 is 12.2 Å². The van der Waals surface area contributed by atoms with Gasteiger partial charge in [0.2, 0.25) is 0 Å². The van der Waals surface area contributed by atoms with Crippen LogP contribution in [-0.2, 0) is 11.8 Å². The lowest BCUT2D eigenvalue weighted by Crippen LogP contribution is -2.26. The van der Waals surface area contributed by atoms with Gasteiger partial charge in [0, 0.05) is 13.2 Å². The zero-order valence-corrected chi connectivity index (χ0v) is 8.68. The topological polar surface area (TPSA) is 64.1 Å². The molecule has 0 unspecified atom stereocenters. The summed E-state index contributed by atoms with van der Waals surface area (Å²) in [6.07, 6.45) is 1.27. The summed E-state index contributed by atoms with van der Waals surface area (Å²) in [5, 5.41) is 0. The summed E-state index contributed by atoms with van der Waals surface area (Å²) in [5.74, 6) is -0.639. The fourth-order valence-corrected chi connectivity index (χ4v) is 1.06. The first-order chi connectivity index (χ1) is 6.57. The molecule has 0 saturated carbocycles. The molecule has 0 radical (unpaired) electrons. The molecular formula is C8H10N2O3S. The highest BCUT2D eigenvalue weighted by Gasteiger charge is 2.12. The monoisotopic (exact) mass is 214 g/mol. The third-order valence-corrected chi connectivity index (χ3v) is 2.07. The lowest BCUT2D eigenvalue weighted by atomic mass is 10.3. The normalized spacial score (nSPS) is 9.86. The van der Waals surface area contributed by atoms with E-state index in [0.29, 0.717) is 0 Å². The Hall–Kier alpha value is -1.43. The quantitative estimate of drug-likeness (QED) is 0.579. The van der Waals surface area contributed by atoms with E-state index in [0.717, 1.165) is 0 Å². The van der Waals surface area contributed by atoms with Gasteiger partial charge in [-0.05, 0) is 19.1 Å². The van der Waals surface area contributed by atoms with E-state index >= 15 is 0 Å². The average Bonchev–Trinajstić information content (AvgIpc) is 2.15. The van der Waals surface area contributed by atoms with Crippen LogP contribution in [0, 0.1) is 4.77 Å². The standard InChI is InChI=1S/C8H10N2O3S/c1-3-13-7(12)5-4-9-8(14)10(2)6(5)11/h4H,3H2,1-2H3,(H,9,14). The zero-order chi connectivity index (χ0) is 10.7. The highest BCUT2D eigenvalue weighted by Crippen LogP contribution is 1.93. The van der Waals surface area contributed by atoms with Crippen molar-refractivity contribution < 1.29 is 9.53 Å². The summed E-state index contributed by atoms with van der Waals surface area (Å²) in [4.78, 5) is 25.3. The van der Waals surface area contributed by atoms with Gasteiger partial charge in [-0.25, -0.2) is 4.79 Å². The number of hydrogen-bond donors (Lipinski definition) is 1. The fraction of sp³-hybridized carbons (Fsp3) is 0.375. The van der Waals surface area contributed by atoms with E-state index in [1.165, 1.54) is 17.8 Å². The Morgan fingerprint density at radius 2 is 2.36 bits per heavy atom. The molecule has 1 N–H and O–H groups in total. The largest absolute Gasteiger partial charge is 0.462 e. The van der Waals surface area contributed by atoms with Gasteiger partial charge in [-0.3, -0.25) is 9.36 Å². The van der Waals surface area contributed by atoms with Crippen molar-refractivity contribution in [2.24, 2.45) is 7.05 Å². The van der Waals surface area contributed by atoms with Gasteiger partial charge in [-0.2, -0.15) is 0 Å². The molecule has 0 aliphatic rings. The van der Waals surface area contributed by atoms with Crippen LogP contribution in [-0.4, -0.2) is 22.1 Å². The van der Waals surface area contributed by atoms with Crippen LogP contribution in [0.2, 0.25) is 0 Å². The van der Waals surface area contributed by atoms with Crippen molar-refractivity contribution in [2.45, 2.75) is 6.92 Å². The summed E-state index contributed by atoms with van der Waals surface area (Å²) < 4.78 is 6.15. The maximum atomic E-state index is 11.5. The molecule has 0 amide bonds. The molecule has 1 rings (SSSR count). The van der Waals surface area contributed by atoms with Crippen LogP contribution in [0.25, 0.3) is 0 Å². The van der Waals surface area contributed by atoms with Crippen LogP contribution in [0.5, 0.6) is 0 Å². The summed E-state index contributed by atoms with van der Waals surface area (Å²) in [7, 11) is 1.49. The van der Waals surface area contributed by atoms with Gasteiger partial charge in [0.25, 0.3) is 5.56 Å². The second-order valence-corrected chi connectivity index (χ2v) is 2.98. The van der Waals surface area contributed by atoms with Crippen LogP contribution in [0.4, 0.5) is 0 Å². The third-order valence-electron chi connectivity index (χ3n) is 1.68. The van der Waals surface area contributed by atoms with Gasteiger partial charge in [-0.15, -0.1) is 0 Å². The number of rotatable bonds is 2. The molecule has 6 heteroatoms. The number of hydrogen-bond acceptors (Lipinski definition) is 4. The fourth-order valence-electron chi connectivity index (χ4n) is 0.920. The van der Waals surface area contributed by atoms with Crippen molar-refractivity contribution in [3.63, 3.8) is 0 Å². The number of esters is 1. The molecule has 0 fully saturated rings. The molecule has 0 aliphatic carbocycles. The highest BCUT2D eigenvalue weighted by atomic mass is 32.1. The van der Waals surface area contributed by atoms with Gasteiger partial charge in [-0.1, -0.05) is 0 Å². The Bertz CT molecular complexity index is 460. The predicted octanol–water partition coefficient (Wildman–Crippen LogP) is 0.620. The average molecular weight is 214 g/mol. The van der Waals surface area contributed by atoms with Crippen LogP contribution in [0.15, 0.2) is 11.0 Å². The molecule has 0 bridgehead atoms. The number of carbonyl (C=O) groups excluding carboxylic acids is 1. The molecule has 76 valence electrons. The van der Waals surface area contributed by atoms with Gasteiger partial charge in [0.1, 0.15) is 5.56 Å². The Balaban J connectivity index is 3.25. The number of nitrogens with one attached hydrogen (secondary N) is 1. The summed E-state index contributed by atoms with van der Waals surface area (Å²) in [6.45, 7) is 1.91. The van der Waals surface area contributed by atoms with Crippen molar-refractivity contribution >= 4 is 18.2 Å². The molecule has 0 spiro atoms. The van der Waals surface area contributed by atoms with Gasteiger partial charge in [0.05, 0.1) is 6.61 Å². The van der Waals surface area contributed by atoms with Gasteiger partial charge in [0.15, 0.2) is 4.77 Å². The van der Waals surface area contributed by atoms with Crippen molar-refractivity contribution in [1.82, 2.24) is 9.55 Å². The second-order valence-electron chi connectivity index (χ2n) is 2.59. The first-order valence-corrected chi connectivity index (χ1v) is 4.44. The van der Waals surface area contributed by atoms with E-state index in [4.69, 9.17) is 17.0 Å². The number of carbonyl (C=O) groups is 1. The lowest BCUT2D eigenvalue weighted by Gasteiger charge is -2.02. The minimum Gasteiger partial charge on any atom is -0.462 e. The summed E-state index contributed by atoms with van der Waals surface area (Å²) in [6, 6.07) is 0. The van der Waals surface area contributed by atoms with Crippen molar-refractivity contribution in [1.29, 1.82) is 0 Å². The molecule has 1 heterocycles. The number of H-pyrrole nitrogens is 1. The molecule has 0 aromatic carbocycles. The number of nitrogens with zero attached hydrogens (tertiary/aromatic N) is 1. The molecule has 0 saturated heterocycles. The Morgan fingerprint density at radius 3 is 2.93 bits per heavy atom. The molecule has 1 aromatic heterocycles. The van der Waals surface area contributed by atoms with Gasteiger partial charge < -0.3 is 9.72 Å². The van der Waals surface area contributed by atoms with Crippen molar-refractivity contribution in [3.8, 4) is 0 Å². The maximum absolute atomic E-state index is 11.5. The van der Waals surface area contributed by atoms with E-state index in [1.54, 1.807) is 6.92 Å². The lowest BCUT2D eigenvalue weighted by molar-refractivity contribution is 0.0523. The van der Waals surface area contributed by atoms with E-state index in [2.05, 4.69) is 4.98 Å². The Morgan fingerprint density at radius 1 is 1.71 bits per heavy atom. The first kappa shape index (κ1) is 10.6. The number of aromatic nitrogens is 2. The summed E-state index contributed by atoms with van der Waals surface area (Å²) >= 11 is 4.81. The first-order valence-electron chi connectivity index (χ1n) is 4.03. The smallest absolute Gasteiger partial charge is 0.345 e. The van der Waals surface area contributed by atoms with Crippen molar-refractivity contribution in [2.75, 3.05) is 6.61 Å². The molecule has 14 heavy (non-hydrogen) atoms. The third kappa shape index (κ3) is 1.90. The SMILES string of the molecule is CCOC(=O)c1c[nH]c(=S)n(C)c1=O. The minimum absolute atomic E-state index is 0.0389. The van der Waals surface area contributed by atoms with E-state index < -0.39 is 11.5 Å². The van der Waals surface area contributed by atoms with Crippen LogP contribution < -0.4 is 5.56 Å². The minimum atomic E-state index is -0.639. The number of aromatic amines is 1. The van der Waals surface area contributed by atoms with Gasteiger partial charge >= 0.3 is 5.97 Å². The number of ether oxygens (including phenoxy) is 1. The second kappa shape index (κ2) is 4.19. The zero-order valence-electron chi connectivity index (χ0n) is 7.86. The molecular weight excluding hydrogens is 204 g/mol. The molecule has 0 atom stereocenters. The van der Waals surface area contributed by atoms with E-state index in [-0.39, 0.29) is 16.9 Å². The van der Waals surface area contributed by atoms with Crippen molar-refractivity contribution in [3.05, 3.63) is 26.9 Å². The Labute approximate surface area is 85.3 Å².